The minimum atomic E-state index is 0.00839. The Hall–Kier alpha value is -1.51. The van der Waals surface area contributed by atoms with Gasteiger partial charge in [-0.15, -0.1) is 0 Å². The van der Waals surface area contributed by atoms with Crippen LogP contribution in [-0.4, -0.2) is 18.5 Å². The van der Waals surface area contributed by atoms with Crippen molar-refractivity contribution in [3.63, 3.8) is 0 Å². The van der Waals surface area contributed by atoms with Crippen LogP contribution in [0.25, 0.3) is 0 Å². The minimum absolute atomic E-state index is 0.00839. The first-order chi connectivity index (χ1) is 9.63. The van der Waals surface area contributed by atoms with Gasteiger partial charge < -0.3 is 10.6 Å². The molecule has 1 aliphatic rings. The standard InChI is InChI=1S/C17H26N2O/c1-4-13-6-8-15(11-13)19-16-9-7-14(10-12(16)3)17(20)18-5-2/h7,9-10,13,15,19H,4-6,8,11H2,1-3H3,(H,18,20). The third kappa shape index (κ3) is 3.53. The van der Waals surface area contributed by atoms with Gasteiger partial charge in [0.1, 0.15) is 0 Å². The largest absolute Gasteiger partial charge is 0.382 e. The summed E-state index contributed by atoms with van der Waals surface area (Å²) in [6.45, 7) is 6.94. The number of hydrogen-bond donors (Lipinski definition) is 2. The van der Waals surface area contributed by atoms with Gasteiger partial charge in [-0.2, -0.15) is 0 Å². The second-order valence-corrected chi connectivity index (χ2v) is 5.82. The van der Waals surface area contributed by atoms with Gasteiger partial charge >= 0.3 is 0 Å². The maximum atomic E-state index is 11.8. The molecule has 1 amide bonds. The molecular formula is C17H26N2O. The first kappa shape index (κ1) is 14.9. The van der Waals surface area contributed by atoms with Gasteiger partial charge in [-0.3, -0.25) is 4.79 Å². The van der Waals surface area contributed by atoms with Crippen molar-refractivity contribution in [2.24, 2.45) is 5.92 Å². The van der Waals surface area contributed by atoms with Gasteiger partial charge in [0.15, 0.2) is 0 Å². The topological polar surface area (TPSA) is 41.1 Å². The smallest absolute Gasteiger partial charge is 0.251 e. The average Bonchev–Trinajstić information content (AvgIpc) is 2.89. The highest BCUT2D eigenvalue weighted by atomic mass is 16.1. The second kappa shape index (κ2) is 6.78. The Labute approximate surface area is 122 Å². The van der Waals surface area contributed by atoms with Crippen molar-refractivity contribution in [3.05, 3.63) is 29.3 Å². The molecule has 0 spiro atoms. The van der Waals surface area contributed by atoms with Crippen LogP contribution >= 0.6 is 0 Å². The van der Waals surface area contributed by atoms with E-state index in [1.165, 1.54) is 31.4 Å². The molecule has 20 heavy (non-hydrogen) atoms. The molecule has 2 unspecified atom stereocenters. The monoisotopic (exact) mass is 274 g/mol. The van der Waals surface area contributed by atoms with E-state index >= 15 is 0 Å². The Kier molecular flexibility index (Phi) is 5.05. The van der Waals surface area contributed by atoms with Crippen LogP contribution in [0, 0.1) is 12.8 Å². The fourth-order valence-corrected chi connectivity index (χ4v) is 3.03. The molecule has 0 saturated heterocycles. The van der Waals surface area contributed by atoms with E-state index in [-0.39, 0.29) is 5.91 Å². The molecule has 3 heteroatoms. The van der Waals surface area contributed by atoms with Gasteiger partial charge in [-0.05, 0) is 62.8 Å². The van der Waals surface area contributed by atoms with Gasteiger partial charge in [0.05, 0.1) is 0 Å². The maximum absolute atomic E-state index is 11.8. The molecule has 0 bridgehead atoms. The van der Waals surface area contributed by atoms with E-state index in [4.69, 9.17) is 0 Å². The zero-order valence-electron chi connectivity index (χ0n) is 12.8. The van der Waals surface area contributed by atoms with E-state index in [2.05, 4.69) is 24.5 Å². The summed E-state index contributed by atoms with van der Waals surface area (Å²) in [4.78, 5) is 11.8. The number of nitrogens with one attached hydrogen (secondary N) is 2. The molecule has 1 aliphatic carbocycles. The minimum Gasteiger partial charge on any atom is -0.382 e. The van der Waals surface area contributed by atoms with Crippen molar-refractivity contribution in [1.82, 2.24) is 5.32 Å². The summed E-state index contributed by atoms with van der Waals surface area (Å²) < 4.78 is 0. The lowest BCUT2D eigenvalue weighted by atomic mass is 10.0. The quantitative estimate of drug-likeness (QED) is 0.859. The number of hydrogen-bond acceptors (Lipinski definition) is 2. The van der Waals surface area contributed by atoms with E-state index in [9.17, 15) is 4.79 Å². The van der Waals surface area contributed by atoms with Crippen LogP contribution in [0.2, 0.25) is 0 Å². The Morgan fingerprint density at radius 3 is 2.70 bits per heavy atom. The second-order valence-electron chi connectivity index (χ2n) is 5.82. The SMILES string of the molecule is CCNC(=O)c1ccc(NC2CCC(CC)C2)c(C)c1. The summed E-state index contributed by atoms with van der Waals surface area (Å²) in [6, 6.07) is 6.51. The highest BCUT2D eigenvalue weighted by Crippen LogP contribution is 2.31. The lowest BCUT2D eigenvalue weighted by molar-refractivity contribution is 0.0956. The molecule has 3 nitrogen and oxygen atoms in total. The molecule has 1 aromatic rings. The number of anilines is 1. The van der Waals surface area contributed by atoms with E-state index in [1.54, 1.807) is 0 Å². The maximum Gasteiger partial charge on any atom is 0.251 e. The number of benzene rings is 1. The zero-order chi connectivity index (χ0) is 14.5. The van der Waals surface area contributed by atoms with Gasteiger partial charge in [-0.1, -0.05) is 13.3 Å². The fourth-order valence-electron chi connectivity index (χ4n) is 3.03. The van der Waals surface area contributed by atoms with Gasteiger partial charge in [0, 0.05) is 23.8 Å². The molecule has 1 saturated carbocycles. The summed E-state index contributed by atoms with van der Waals surface area (Å²) in [5.74, 6) is 0.886. The molecule has 1 fully saturated rings. The third-order valence-electron chi connectivity index (χ3n) is 4.30. The molecule has 0 aliphatic heterocycles. The van der Waals surface area contributed by atoms with E-state index in [0.29, 0.717) is 12.6 Å². The Morgan fingerprint density at radius 2 is 2.10 bits per heavy atom. The summed E-state index contributed by atoms with van der Waals surface area (Å²) in [7, 11) is 0. The molecule has 2 N–H and O–H groups in total. The van der Waals surface area contributed by atoms with E-state index in [1.807, 2.05) is 25.1 Å². The highest BCUT2D eigenvalue weighted by molar-refractivity contribution is 5.94. The fraction of sp³-hybridized carbons (Fsp3) is 0.588. The molecule has 0 aromatic heterocycles. The lowest BCUT2D eigenvalue weighted by Crippen LogP contribution is -2.23. The lowest BCUT2D eigenvalue weighted by Gasteiger charge is -2.17. The molecular weight excluding hydrogens is 248 g/mol. The van der Waals surface area contributed by atoms with Crippen LogP contribution in [0.5, 0.6) is 0 Å². The predicted octanol–water partition coefficient (Wildman–Crippen LogP) is 3.74. The zero-order valence-corrected chi connectivity index (χ0v) is 12.8. The number of carbonyl (C=O) groups excluding carboxylic acids is 1. The summed E-state index contributed by atoms with van der Waals surface area (Å²) >= 11 is 0. The molecule has 2 rings (SSSR count). The molecule has 2 atom stereocenters. The summed E-state index contributed by atoms with van der Waals surface area (Å²) in [5, 5.41) is 6.48. The van der Waals surface area contributed by atoms with Crippen molar-refractivity contribution in [3.8, 4) is 0 Å². The van der Waals surface area contributed by atoms with Crippen molar-refractivity contribution in [2.45, 2.75) is 52.5 Å². The number of amides is 1. The Balaban J connectivity index is 2.01. The van der Waals surface area contributed by atoms with Crippen LogP contribution in [0.3, 0.4) is 0 Å². The van der Waals surface area contributed by atoms with E-state index < -0.39 is 0 Å². The molecule has 110 valence electrons. The van der Waals surface area contributed by atoms with Gasteiger partial charge in [0.2, 0.25) is 0 Å². The van der Waals surface area contributed by atoms with Crippen molar-refractivity contribution in [1.29, 1.82) is 0 Å². The summed E-state index contributed by atoms with van der Waals surface area (Å²) in [5.41, 5.74) is 3.06. The van der Waals surface area contributed by atoms with Crippen molar-refractivity contribution in [2.75, 3.05) is 11.9 Å². The summed E-state index contributed by atoms with van der Waals surface area (Å²) in [6.07, 6.45) is 5.15. The first-order valence-electron chi connectivity index (χ1n) is 7.79. The predicted molar refractivity (Wildman–Crippen MR) is 84.2 cm³/mol. The van der Waals surface area contributed by atoms with Crippen molar-refractivity contribution >= 4 is 11.6 Å². The average molecular weight is 274 g/mol. The highest BCUT2D eigenvalue weighted by Gasteiger charge is 2.23. The van der Waals surface area contributed by atoms with Crippen LogP contribution in [-0.2, 0) is 0 Å². The van der Waals surface area contributed by atoms with Crippen LogP contribution in [0.15, 0.2) is 18.2 Å². The number of carbonyl (C=O) groups is 1. The van der Waals surface area contributed by atoms with Crippen LogP contribution < -0.4 is 10.6 Å². The van der Waals surface area contributed by atoms with Crippen LogP contribution in [0.1, 0.15) is 55.5 Å². The Morgan fingerprint density at radius 1 is 1.30 bits per heavy atom. The van der Waals surface area contributed by atoms with Gasteiger partial charge in [-0.25, -0.2) is 0 Å². The van der Waals surface area contributed by atoms with Crippen LogP contribution in [0.4, 0.5) is 5.69 Å². The van der Waals surface area contributed by atoms with Crippen molar-refractivity contribution < 1.29 is 4.79 Å². The normalized spacial score (nSPS) is 21.8. The third-order valence-corrected chi connectivity index (χ3v) is 4.30. The first-order valence-corrected chi connectivity index (χ1v) is 7.79. The molecule has 0 radical (unpaired) electrons. The molecule has 0 heterocycles. The Bertz CT molecular complexity index is 470. The van der Waals surface area contributed by atoms with Gasteiger partial charge in [0.25, 0.3) is 5.91 Å². The number of aryl methyl sites for hydroxylation is 1. The molecule has 1 aromatic carbocycles. The number of rotatable bonds is 5. The van der Waals surface area contributed by atoms with E-state index in [0.717, 1.165) is 17.0 Å².